The number of rotatable bonds is 6. The Balaban J connectivity index is 1.67. The lowest BCUT2D eigenvalue weighted by molar-refractivity contribution is 0.122. The highest BCUT2D eigenvalue weighted by Crippen LogP contribution is 2.41. The third-order valence-corrected chi connectivity index (χ3v) is 7.09. The molecule has 1 fully saturated rings. The predicted molar refractivity (Wildman–Crippen MR) is 139 cm³/mol. The predicted octanol–water partition coefficient (Wildman–Crippen LogP) is 5.45. The maximum Gasteiger partial charge on any atom is 0.157 e. The molecule has 6 nitrogen and oxygen atoms in total. The Morgan fingerprint density at radius 1 is 1.21 bits per heavy atom. The lowest BCUT2D eigenvalue weighted by Gasteiger charge is -2.31. The Hall–Kier alpha value is -2.47. The van der Waals surface area contributed by atoms with Crippen LogP contribution < -0.4 is 9.80 Å². The van der Waals surface area contributed by atoms with Gasteiger partial charge in [-0.15, -0.1) is 5.10 Å². The van der Waals surface area contributed by atoms with E-state index in [0.717, 1.165) is 61.0 Å². The van der Waals surface area contributed by atoms with Gasteiger partial charge in [-0.2, -0.15) is 5.10 Å². The van der Waals surface area contributed by atoms with Gasteiger partial charge in [0.2, 0.25) is 0 Å². The highest BCUT2D eigenvalue weighted by molar-refractivity contribution is 6.03. The van der Waals surface area contributed by atoms with E-state index in [1.165, 1.54) is 24.1 Å². The summed E-state index contributed by atoms with van der Waals surface area (Å²) in [6, 6.07) is 4.42. The molecule has 178 valence electrons. The zero-order valence-corrected chi connectivity index (χ0v) is 21.1. The van der Waals surface area contributed by atoms with Gasteiger partial charge in [0.1, 0.15) is 5.84 Å². The largest absolute Gasteiger partial charge is 0.386 e. The van der Waals surface area contributed by atoms with Gasteiger partial charge in [-0.1, -0.05) is 19.1 Å². The number of hydrogen-bond donors (Lipinski definition) is 1. The molecule has 4 rings (SSSR count). The average molecular weight is 450 g/mol. The van der Waals surface area contributed by atoms with Crippen LogP contribution in [0.4, 0.5) is 11.5 Å². The van der Waals surface area contributed by atoms with Crippen LogP contribution in [-0.2, 0) is 0 Å². The molecular formula is C27H39N5O. The molecule has 1 aromatic rings. The lowest BCUT2D eigenvalue weighted by atomic mass is 9.81. The van der Waals surface area contributed by atoms with Crippen molar-refractivity contribution in [3.63, 3.8) is 0 Å². The van der Waals surface area contributed by atoms with Gasteiger partial charge in [0.05, 0.1) is 17.0 Å². The van der Waals surface area contributed by atoms with Gasteiger partial charge in [-0.25, -0.2) is 4.98 Å². The fraction of sp³-hybridized carbons (Fsp3) is 0.593. The zero-order chi connectivity index (χ0) is 23.8. The number of anilines is 2. The van der Waals surface area contributed by atoms with E-state index in [4.69, 9.17) is 10.1 Å². The first-order chi connectivity index (χ1) is 15.7. The minimum atomic E-state index is -0.844. The van der Waals surface area contributed by atoms with E-state index in [2.05, 4.69) is 60.1 Å². The van der Waals surface area contributed by atoms with E-state index >= 15 is 0 Å². The Labute approximate surface area is 198 Å². The van der Waals surface area contributed by atoms with Crippen molar-refractivity contribution >= 4 is 23.1 Å². The average Bonchev–Trinajstić information content (AvgIpc) is 3.61. The molecule has 0 bridgehead atoms. The molecule has 2 heterocycles. The maximum atomic E-state index is 10.5. The van der Waals surface area contributed by atoms with Crippen LogP contribution in [-0.4, -0.2) is 47.4 Å². The van der Waals surface area contributed by atoms with E-state index in [1.807, 2.05) is 20.8 Å². The highest BCUT2D eigenvalue weighted by Gasteiger charge is 2.29. The molecule has 1 aromatic heterocycles. The van der Waals surface area contributed by atoms with Crippen molar-refractivity contribution in [1.29, 1.82) is 0 Å². The number of aliphatic hydroxyl groups is 1. The van der Waals surface area contributed by atoms with Crippen molar-refractivity contribution in [2.45, 2.75) is 78.2 Å². The van der Waals surface area contributed by atoms with Gasteiger partial charge >= 0.3 is 0 Å². The minimum absolute atomic E-state index is 0.377. The van der Waals surface area contributed by atoms with Gasteiger partial charge in [0, 0.05) is 31.7 Å². The summed E-state index contributed by atoms with van der Waals surface area (Å²) in [6.45, 7) is 11.9. The smallest absolute Gasteiger partial charge is 0.157 e. The Morgan fingerprint density at radius 2 is 1.97 bits per heavy atom. The van der Waals surface area contributed by atoms with E-state index < -0.39 is 5.60 Å². The van der Waals surface area contributed by atoms with Gasteiger partial charge in [0.25, 0.3) is 0 Å². The molecule has 0 spiro atoms. The molecule has 1 unspecified atom stereocenters. The molecule has 0 saturated heterocycles. The summed E-state index contributed by atoms with van der Waals surface area (Å²) in [4.78, 5) is 9.61. The fourth-order valence-corrected chi connectivity index (χ4v) is 4.59. The lowest BCUT2D eigenvalue weighted by Crippen LogP contribution is -2.34. The Morgan fingerprint density at radius 3 is 2.64 bits per heavy atom. The molecule has 33 heavy (non-hydrogen) atoms. The highest BCUT2D eigenvalue weighted by atomic mass is 16.3. The van der Waals surface area contributed by atoms with Gasteiger partial charge in [0.15, 0.2) is 5.82 Å². The van der Waals surface area contributed by atoms with E-state index in [9.17, 15) is 5.11 Å². The molecule has 6 heteroatoms. The summed E-state index contributed by atoms with van der Waals surface area (Å²) in [6.07, 6.45) is 9.52. The molecular weight excluding hydrogens is 410 g/mol. The number of amidine groups is 1. The molecule has 1 aliphatic heterocycles. The fourth-order valence-electron chi connectivity index (χ4n) is 4.59. The third kappa shape index (κ3) is 5.21. The summed E-state index contributed by atoms with van der Waals surface area (Å²) in [5, 5.41) is 19.9. The SMILES string of the molecule is CCN(C)c1ccc(C2CC2)nc1N1CCC/C(C2=CC(C(C)(C)O)=CCC2C)=N\N=C/1C. The normalized spacial score (nSPS) is 25.2. The van der Waals surface area contributed by atoms with Crippen molar-refractivity contribution in [3.8, 4) is 0 Å². The number of hydrogen-bond acceptors (Lipinski definition) is 6. The quantitative estimate of drug-likeness (QED) is 0.627. The summed E-state index contributed by atoms with van der Waals surface area (Å²) in [7, 11) is 2.12. The van der Waals surface area contributed by atoms with Crippen LogP contribution in [0.25, 0.3) is 0 Å². The monoisotopic (exact) mass is 449 g/mol. The van der Waals surface area contributed by atoms with Crippen molar-refractivity contribution in [3.05, 3.63) is 41.1 Å². The Kier molecular flexibility index (Phi) is 6.76. The molecule has 1 saturated carbocycles. The van der Waals surface area contributed by atoms with Gasteiger partial charge in [-0.3, -0.25) is 0 Å². The molecule has 0 aromatic carbocycles. The molecule has 0 radical (unpaired) electrons. The topological polar surface area (TPSA) is 64.3 Å². The second-order valence-corrected chi connectivity index (χ2v) is 10.3. The van der Waals surface area contributed by atoms with Crippen LogP contribution in [0.3, 0.4) is 0 Å². The minimum Gasteiger partial charge on any atom is -0.386 e. The van der Waals surface area contributed by atoms with Crippen LogP contribution in [0.1, 0.15) is 78.3 Å². The van der Waals surface area contributed by atoms with E-state index in [0.29, 0.717) is 11.8 Å². The molecule has 0 amide bonds. The summed E-state index contributed by atoms with van der Waals surface area (Å²) in [5.74, 6) is 2.86. The molecule has 1 N–H and O–H groups in total. The summed E-state index contributed by atoms with van der Waals surface area (Å²) in [5.41, 5.74) is 4.72. The first-order valence-electron chi connectivity index (χ1n) is 12.4. The standard InChI is InChI=1S/C27H39N5O/c1-7-31(6)25-15-14-23(20-11-12-20)28-26(25)32-16-8-9-24(30-29-19(32)3)22-17-21(27(4,5)33)13-10-18(22)2/h13-15,17-18,20,33H,7-12,16H2,1-6H3/b29-19-,30-24+. The van der Waals surface area contributed by atoms with Crippen LogP contribution in [0, 0.1) is 5.92 Å². The number of pyridine rings is 1. The number of nitrogens with zero attached hydrogens (tertiary/aromatic N) is 5. The summed E-state index contributed by atoms with van der Waals surface area (Å²) < 4.78 is 0. The number of allylic oxidation sites excluding steroid dienone is 2. The van der Waals surface area contributed by atoms with E-state index in [-0.39, 0.29) is 0 Å². The third-order valence-electron chi connectivity index (χ3n) is 7.09. The van der Waals surface area contributed by atoms with Crippen molar-refractivity contribution in [1.82, 2.24) is 4.98 Å². The Bertz CT molecular complexity index is 1010. The maximum absolute atomic E-state index is 10.5. The van der Waals surface area contributed by atoms with Crippen LogP contribution >= 0.6 is 0 Å². The molecule has 3 aliphatic rings. The second-order valence-electron chi connectivity index (χ2n) is 10.3. The van der Waals surface area contributed by atoms with Crippen molar-refractivity contribution < 1.29 is 5.11 Å². The summed E-state index contributed by atoms with van der Waals surface area (Å²) >= 11 is 0. The van der Waals surface area contributed by atoms with Gasteiger partial charge < -0.3 is 14.9 Å². The second kappa shape index (κ2) is 9.41. The van der Waals surface area contributed by atoms with E-state index in [1.54, 1.807) is 0 Å². The van der Waals surface area contributed by atoms with Crippen molar-refractivity contribution in [2.24, 2.45) is 16.1 Å². The number of aromatic nitrogens is 1. The molecule has 1 atom stereocenters. The van der Waals surface area contributed by atoms with Crippen molar-refractivity contribution in [2.75, 3.05) is 29.9 Å². The first-order valence-corrected chi connectivity index (χ1v) is 12.4. The van der Waals surface area contributed by atoms with Crippen LogP contribution in [0.15, 0.2) is 45.6 Å². The van der Waals surface area contributed by atoms with Crippen LogP contribution in [0.5, 0.6) is 0 Å². The van der Waals surface area contributed by atoms with Crippen LogP contribution in [0.2, 0.25) is 0 Å². The first kappa shape index (κ1) is 23.7. The molecule has 2 aliphatic carbocycles. The zero-order valence-electron chi connectivity index (χ0n) is 21.1. The van der Waals surface area contributed by atoms with Gasteiger partial charge in [-0.05, 0) is 89.0 Å².